The number of nitrogens with one attached hydrogen (secondary N) is 1. The summed E-state index contributed by atoms with van der Waals surface area (Å²) in [5.41, 5.74) is 4.17. The SMILES string of the molecule is Cc1cc(C(C)(C)C)cc(C)c1NC(=O)C(C)O. The van der Waals surface area contributed by atoms with Crippen molar-refractivity contribution in [1.82, 2.24) is 0 Å². The molecule has 0 aromatic heterocycles. The molecule has 1 unspecified atom stereocenters. The Balaban J connectivity index is 3.14. The minimum absolute atomic E-state index is 0.0856. The monoisotopic (exact) mass is 249 g/mol. The Bertz CT molecular complexity index is 433. The summed E-state index contributed by atoms with van der Waals surface area (Å²) in [6.07, 6.45) is -0.994. The quantitative estimate of drug-likeness (QED) is 0.846. The lowest BCUT2D eigenvalue weighted by Crippen LogP contribution is -2.25. The molecule has 0 radical (unpaired) electrons. The molecule has 0 saturated carbocycles. The van der Waals surface area contributed by atoms with E-state index in [1.54, 1.807) is 0 Å². The second-order valence-electron chi connectivity index (χ2n) is 5.90. The summed E-state index contributed by atoms with van der Waals surface area (Å²) in [4.78, 5) is 11.5. The number of amides is 1. The molecule has 100 valence electrons. The lowest BCUT2D eigenvalue weighted by molar-refractivity contribution is -0.123. The van der Waals surface area contributed by atoms with Crippen molar-refractivity contribution in [2.24, 2.45) is 0 Å². The van der Waals surface area contributed by atoms with Crippen LogP contribution >= 0.6 is 0 Å². The predicted octanol–water partition coefficient (Wildman–Crippen LogP) is 2.92. The molecule has 18 heavy (non-hydrogen) atoms. The summed E-state index contributed by atoms with van der Waals surface area (Å²) >= 11 is 0. The summed E-state index contributed by atoms with van der Waals surface area (Å²) < 4.78 is 0. The van der Waals surface area contributed by atoms with Crippen molar-refractivity contribution in [3.63, 3.8) is 0 Å². The van der Waals surface area contributed by atoms with Gasteiger partial charge in [-0.1, -0.05) is 32.9 Å². The van der Waals surface area contributed by atoms with Crippen molar-refractivity contribution in [1.29, 1.82) is 0 Å². The number of aliphatic hydroxyl groups excluding tert-OH is 1. The van der Waals surface area contributed by atoms with Crippen LogP contribution in [0, 0.1) is 13.8 Å². The highest BCUT2D eigenvalue weighted by Crippen LogP contribution is 2.29. The topological polar surface area (TPSA) is 49.3 Å². The minimum atomic E-state index is -0.994. The van der Waals surface area contributed by atoms with Crippen LogP contribution in [0.3, 0.4) is 0 Å². The molecular weight excluding hydrogens is 226 g/mol. The molecule has 0 spiro atoms. The van der Waals surface area contributed by atoms with Crippen LogP contribution < -0.4 is 5.32 Å². The maximum atomic E-state index is 11.5. The fourth-order valence-corrected chi connectivity index (χ4v) is 1.82. The first-order valence-electron chi connectivity index (χ1n) is 6.23. The predicted molar refractivity (Wildman–Crippen MR) is 74.9 cm³/mol. The number of aryl methyl sites for hydroxylation is 2. The van der Waals surface area contributed by atoms with E-state index in [-0.39, 0.29) is 11.3 Å². The molecule has 3 heteroatoms. The second-order valence-corrected chi connectivity index (χ2v) is 5.90. The Morgan fingerprint density at radius 3 is 2.00 bits per heavy atom. The lowest BCUT2D eigenvalue weighted by atomic mass is 9.85. The van der Waals surface area contributed by atoms with Gasteiger partial charge in [0, 0.05) is 5.69 Å². The van der Waals surface area contributed by atoms with Crippen molar-refractivity contribution in [2.45, 2.75) is 53.1 Å². The number of aliphatic hydroxyl groups is 1. The van der Waals surface area contributed by atoms with Crippen LogP contribution in [0.15, 0.2) is 12.1 Å². The fraction of sp³-hybridized carbons (Fsp3) is 0.533. The maximum Gasteiger partial charge on any atom is 0.252 e. The summed E-state index contributed by atoms with van der Waals surface area (Å²) in [6, 6.07) is 4.18. The normalized spacial score (nSPS) is 13.3. The summed E-state index contributed by atoms with van der Waals surface area (Å²) in [5, 5.41) is 12.0. The van der Waals surface area contributed by atoms with Crippen LogP contribution in [0.5, 0.6) is 0 Å². The molecule has 1 rings (SSSR count). The average molecular weight is 249 g/mol. The van der Waals surface area contributed by atoms with E-state index in [1.165, 1.54) is 12.5 Å². The molecule has 0 fully saturated rings. The molecule has 0 aliphatic heterocycles. The zero-order valence-corrected chi connectivity index (χ0v) is 12.1. The Morgan fingerprint density at radius 1 is 1.22 bits per heavy atom. The molecule has 1 aromatic carbocycles. The zero-order valence-electron chi connectivity index (χ0n) is 12.1. The number of rotatable bonds is 2. The van der Waals surface area contributed by atoms with E-state index in [0.29, 0.717) is 0 Å². The van der Waals surface area contributed by atoms with Gasteiger partial charge in [0.1, 0.15) is 6.10 Å². The number of carbonyl (C=O) groups excluding carboxylic acids is 1. The molecule has 0 bridgehead atoms. The van der Waals surface area contributed by atoms with Gasteiger partial charge < -0.3 is 10.4 Å². The van der Waals surface area contributed by atoms with Gasteiger partial charge in [-0.05, 0) is 42.9 Å². The number of hydrogen-bond acceptors (Lipinski definition) is 2. The van der Waals surface area contributed by atoms with E-state index < -0.39 is 6.10 Å². The standard InChI is InChI=1S/C15H23NO2/c1-9-7-12(15(4,5)6)8-10(2)13(9)16-14(18)11(3)17/h7-8,11,17H,1-6H3,(H,16,18). The van der Waals surface area contributed by atoms with Gasteiger partial charge >= 0.3 is 0 Å². The van der Waals surface area contributed by atoms with Gasteiger partial charge in [0.2, 0.25) is 0 Å². The Labute approximate surface area is 109 Å². The van der Waals surface area contributed by atoms with Gasteiger partial charge in [-0.25, -0.2) is 0 Å². The van der Waals surface area contributed by atoms with Crippen molar-refractivity contribution >= 4 is 11.6 Å². The van der Waals surface area contributed by atoms with Gasteiger partial charge in [-0.15, -0.1) is 0 Å². The molecular formula is C15H23NO2. The van der Waals surface area contributed by atoms with E-state index in [9.17, 15) is 9.90 Å². The Kier molecular flexibility index (Phi) is 4.17. The van der Waals surface area contributed by atoms with Crippen molar-refractivity contribution in [3.05, 3.63) is 28.8 Å². The van der Waals surface area contributed by atoms with E-state index >= 15 is 0 Å². The maximum absolute atomic E-state index is 11.5. The van der Waals surface area contributed by atoms with Gasteiger partial charge in [0.15, 0.2) is 0 Å². The van der Waals surface area contributed by atoms with E-state index in [0.717, 1.165) is 16.8 Å². The van der Waals surface area contributed by atoms with E-state index in [2.05, 4.69) is 38.2 Å². The largest absolute Gasteiger partial charge is 0.384 e. The summed E-state index contributed by atoms with van der Waals surface area (Å²) in [5.74, 6) is -0.371. The van der Waals surface area contributed by atoms with Gasteiger partial charge in [0.05, 0.1) is 0 Å². The first-order chi connectivity index (χ1) is 8.12. The number of anilines is 1. The third-order valence-corrected chi connectivity index (χ3v) is 3.03. The van der Waals surface area contributed by atoms with E-state index in [1.807, 2.05) is 13.8 Å². The highest BCUT2D eigenvalue weighted by atomic mass is 16.3. The van der Waals surface area contributed by atoms with Crippen LogP contribution in [-0.4, -0.2) is 17.1 Å². The zero-order chi connectivity index (χ0) is 14.1. The minimum Gasteiger partial charge on any atom is -0.384 e. The smallest absolute Gasteiger partial charge is 0.252 e. The molecule has 1 amide bonds. The van der Waals surface area contributed by atoms with Gasteiger partial charge in [-0.2, -0.15) is 0 Å². The molecule has 2 N–H and O–H groups in total. The number of benzene rings is 1. The Hall–Kier alpha value is -1.35. The highest BCUT2D eigenvalue weighted by Gasteiger charge is 2.18. The number of hydrogen-bond donors (Lipinski definition) is 2. The molecule has 3 nitrogen and oxygen atoms in total. The highest BCUT2D eigenvalue weighted by molar-refractivity contribution is 5.95. The second kappa shape index (κ2) is 5.11. The molecule has 1 atom stereocenters. The van der Waals surface area contributed by atoms with Crippen molar-refractivity contribution < 1.29 is 9.90 Å². The van der Waals surface area contributed by atoms with E-state index in [4.69, 9.17) is 0 Å². The fourth-order valence-electron chi connectivity index (χ4n) is 1.82. The molecule has 0 saturated heterocycles. The summed E-state index contributed by atoms with van der Waals surface area (Å²) in [6.45, 7) is 11.9. The van der Waals surface area contributed by atoms with Crippen LogP contribution in [0.1, 0.15) is 44.4 Å². The number of carbonyl (C=O) groups is 1. The third kappa shape index (κ3) is 3.33. The first kappa shape index (κ1) is 14.7. The first-order valence-corrected chi connectivity index (χ1v) is 6.23. The Morgan fingerprint density at radius 2 is 1.67 bits per heavy atom. The van der Waals surface area contributed by atoms with Crippen LogP contribution in [0.25, 0.3) is 0 Å². The molecule has 1 aromatic rings. The van der Waals surface area contributed by atoms with Crippen molar-refractivity contribution in [3.8, 4) is 0 Å². The van der Waals surface area contributed by atoms with Gasteiger partial charge in [-0.3, -0.25) is 4.79 Å². The van der Waals surface area contributed by atoms with Crippen LogP contribution in [0.4, 0.5) is 5.69 Å². The average Bonchev–Trinajstić information content (AvgIpc) is 2.21. The van der Waals surface area contributed by atoms with Crippen LogP contribution in [0.2, 0.25) is 0 Å². The van der Waals surface area contributed by atoms with Crippen LogP contribution in [-0.2, 0) is 10.2 Å². The molecule has 0 heterocycles. The van der Waals surface area contributed by atoms with Gasteiger partial charge in [0.25, 0.3) is 5.91 Å². The lowest BCUT2D eigenvalue weighted by Gasteiger charge is -2.22. The van der Waals surface area contributed by atoms with Crippen molar-refractivity contribution in [2.75, 3.05) is 5.32 Å². The summed E-state index contributed by atoms with van der Waals surface area (Å²) in [7, 11) is 0. The third-order valence-electron chi connectivity index (χ3n) is 3.03. The molecule has 0 aliphatic rings. The molecule has 0 aliphatic carbocycles.